The van der Waals surface area contributed by atoms with Crippen molar-refractivity contribution in [3.8, 4) is 5.75 Å². The monoisotopic (exact) mass is 338 g/mol. The van der Waals surface area contributed by atoms with Gasteiger partial charge in [0.1, 0.15) is 12.1 Å². The van der Waals surface area contributed by atoms with E-state index in [4.69, 9.17) is 4.74 Å². The fraction of sp³-hybridized carbons (Fsp3) is 0.211. The Bertz CT molecular complexity index is 842. The SMILES string of the molecule is CCc1ncnc(N[C@H](c2ccccn2)c2ccccc2OC)c1F. The summed E-state index contributed by atoms with van der Waals surface area (Å²) in [6, 6.07) is 12.8. The Hall–Kier alpha value is -3.02. The molecule has 1 N–H and O–H groups in total. The minimum atomic E-state index is -0.444. The molecule has 0 saturated carbocycles. The van der Waals surface area contributed by atoms with E-state index in [1.165, 1.54) is 6.33 Å². The minimum Gasteiger partial charge on any atom is -0.496 e. The molecule has 0 unspecified atom stereocenters. The van der Waals surface area contributed by atoms with Crippen molar-refractivity contribution in [2.75, 3.05) is 12.4 Å². The number of hydrogen-bond donors (Lipinski definition) is 1. The molecule has 0 saturated heterocycles. The largest absolute Gasteiger partial charge is 0.496 e. The van der Waals surface area contributed by atoms with Crippen molar-refractivity contribution in [3.05, 3.63) is 77.8 Å². The van der Waals surface area contributed by atoms with Crippen LogP contribution in [0.25, 0.3) is 0 Å². The van der Waals surface area contributed by atoms with E-state index in [1.54, 1.807) is 13.3 Å². The lowest BCUT2D eigenvalue weighted by atomic mass is 10.0. The third kappa shape index (κ3) is 3.57. The summed E-state index contributed by atoms with van der Waals surface area (Å²) in [7, 11) is 1.61. The summed E-state index contributed by atoms with van der Waals surface area (Å²) in [5, 5.41) is 3.16. The van der Waals surface area contributed by atoms with Crippen molar-refractivity contribution < 1.29 is 9.13 Å². The molecule has 0 aliphatic carbocycles. The summed E-state index contributed by atoms with van der Waals surface area (Å²) in [4.78, 5) is 12.5. The Labute approximate surface area is 145 Å². The van der Waals surface area contributed by atoms with E-state index in [2.05, 4.69) is 20.3 Å². The summed E-state index contributed by atoms with van der Waals surface area (Å²) in [5.74, 6) is 0.394. The molecule has 6 heteroatoms. The van der Waals surface area contributed by atoms with Crippen LogP contribution in [0.5, 0.6) is 5.75 Å². The van der Waals surface area contributed by atoms with Gasteiger partial charge in [0.15, 0.2) is 11.6 Å². The third-order valence-electron chi connectivity index (χ3n) is 3.91. The van der Waals surface area contributed by atoms with Gasteiger partial charge in [0.2, 0.25) is 0 Å². The predicted molar refractivity (Wildman–Crippen MR) is 94.1 cm³/mol. The van der Waals surface area contributed by atoms with Crippen LogP contribution in [0.4, 0.5) is 10.2 Å². The number of para-hydroxylation sites is 1. The highest BCUT2D eigenvalue weighted by atomic mass is 19.1. The number of aryl methyl sites for hydroxylation is 1. The van der Waals surface area contributed by atoms with Gasteiger partial charge in [0, 0.05) is 11.8 Å². The average Bonchev–Trinajstić information content (AvgIpc) is 2.68. The number of nitrogens with one attached hydrogen (secondary N) is 1. The number of pyridine rings is 1. The number of methoxy groups -OCH3 is 1. The smallest absolute Gasteiger partial charge is 0.186 e. The summed E-state index contributed by atoms with van der Waals surface area (Å²) >= 11 is 0. The average molecular weight is 338 g/mol. The molecule has 0 aliphatic heterocycles. The fourth-order valence-electron chi connectivity index (χ4n) is 2.65. The van der Waals surface area contributed by atoms with E-state index in [0.717, 1.165) is 11.3 Å². The van der Waals surface area contributed by atoms with E-state index < -0.39 is 11.9 Å². The minimum absolute atomic E-state index is 0.147. The van der Waals surface area contributed by atoms with Gasteiger partial charge >= 0.3 is 0 Å². The maximum atomic E-state index is 14.6. The molecule has 2 aromatic heterocycles. The summed E-state index contributed by atoms with van der Waals surface area (Å²) in [6.45, 7) is 1.85. The molecule has 3 rings (SSSR count). The van der Waals surface area contributed by atoms with Crippen LogP contribution in [0.2, 0.25) is 0 Å². The van der Waals surface area contributed by atoms with Crippen LogP contribution in [0.3, 0.4) is 0 Å². The van der Waals surface area contributed by atoms with Crippen LogP contribution in [0, 0.1) is 5.82 Å². The maximum absolute atomic E-state index is 14.6. The number of hydrogen-bond acceptors (Lipinski definition) is 5. The molecule has 0 aliphatic rings. The molecule has 0 spiro atoms. The first kappa shape index (κ1) is 16.8. The number of anilines is 1. The zero-order valence-corrected chi connectivity index (χ0v) is 14.1. The molecule has 0 bridgehead atoms. The number of benzene rings is 1. The number of nitrogens with zero attached hydrogens (tertiary/aromatic N) is 3. The number of halogens is 1. The first-order valence-electron chi connectivity index (χ1n) is 8.04. The Kier molecular flexibility index (Phi) is 5.18. The van der Waals surface area contributed by atoms with Crippen molar-refractivity contribution in [3.63, 3.8) is 0 Å². The molecule has 0 amide bonds. The van der Waals surface area contributed by atoms with E-state index in [9.17, 15) is 4.39 Å². The normalized spacial score (nSPS) is 11.8. The van der Waals surface area contributed by atoms with Crippen molar-refractivity contribution in [2.24, 2.45) is 0 Å². The van der Waals surface area contributed by atoms with E-state index in [0.29, 0.717) is 17.9 Å². The van der Waals surface area contributed by atoms with Crippen molar-refractivity contribution in [1.82, 2.24) is 15.0 Å². The van der Waals surface area contributed by atoms with E-state index in [1.807, 2.05) is 49.4 Å². The Morgan fingerprint density at radius 3 is 2.60 bits per heavy atom. The van der Waals surface area contributed by atoms with Crippen molar-refractivity contribution in [1.29, 1.82) is 0 Å². The molecule has 3 aromatic rings. The van der Waals surface area contributed by atoms with Crippen LogP contribution in [-0.4, -0.2) is 22.1 Å². The number of aromatic nitrogens is 3. The molecular weight excluding hydrogens is 319 g/mol. The first-order valence-corrected chi connectivity index (χ1v) is 8.04. The van der Waals surface area contributed by atoms with E-state index >= 15 is 0 Å². The van der Waals surface area contributed by atoms with Crippen molar-refractivity contribution >= 4 is 5.82 Å². The van der Waals surface area contributed by atoms with Gasteiger partial charge in [-0.1, -0.05) is 31.2 Å². The summed E-state index contributed by atoms with van der Waals surface area (Å²) < 4.78 is 20.1. The zero-order valence-electron chi connectivity index (χ0n) is 14.1. The van der Waals surface area contributed by atoms with Gasteiger partial charge in [-0.05, 0) is 24.6 Å². The van der Waals surface area contributed by atoms with Crippen molar-refractivity contribution in [2.45, 2.75) is 19.4 Å². The van der Waals surface area contributed by atoms with Gasteiger partial charge in [-0.25, -0.2) is 14.4 Å². The maximum Gasteiger partial charge on any atom is 0.186 e. The molecule has 1 atom stereocenters. The standard InChI is InChI=1S/C19H19FN4O/c1-3-14-17(20)19(23-12-22-14)24-18(15-9-6-7-11-21-15)13-8-4-5-10-16(13)25-2/h4-12,18H,3H2,1-2H3,(H,22,23,24)/t18-/m0/s1. The molecule has 0 fully saturated rings. The van der Waals surface area contributed by atoms with Crippen LogP contribution in [0.15, 0.2) is 55.0 Å². The Morgan fingerprint density at radius 2 is 1.88 bits per heavy atom. The quantitative estimate of drug-likeness (QED) is 0.741. The molecule has 2 heterocycles. The van der Waals surface area contributed by atoms with Crippen LogP contribution in [-0.2, 0) is 6.42 Å². The van der Waals surface area contributed by atoms with Gasteiger partial charge < -0.3 is 10.1 Å². The lowest BCUT2D eigenvalue weighted by molar-refractivity contribution is 0.408. The van der Waals surface area contributed by atoms with Gasteiger partial charge in [-0.2, -0.15) is 0 Å². The zero-order chi connectivity index (χ0) is 17.6. The Morgan fingerprint density at radius 1 is 1.08 bits per heavy atom. The molecule has 25 heavy (non-hydrogen) atoms. The second-order valence-electron chi connectivity index (χ2n) is 5.41. The van der Waals surface area contributed by atoms with E-state index in [-0.39, 0.29) is 5.82 Å². The predicted octanol–water partition coefficient (Wildman–Crippen LogP) is 3.78. The highest BCUT2D eigenvalue weighted by Crippen LogP contribution is 2.32. The lowest BCUT2D eigenvalue weighted by Crippen LogP contribution is -2.17. The van der Waals surface area contributed by atoms with Gasteiger partial charge in [-0.15, -0.1) is 0 Å². The molecule has 1 aromatic carbocycles. The van der Waals surface area contributed by atoms with Crippen LogP contribution >= 0.6 is 0 Å². The number of ether oxygens (including phenoxy) is 1. The lowest BCUT2D eigenvalue weighted by Gasteiger charge is -2.22. The fourth-order valence-corrected chi connectivity index (χ4v) is 2.65. The van der Waals surface area contributed by atoms with Gasteiger partial charge in [0.25, 0.3) is 0 Å². The molecule has 0 radical (unpaired) electrons. The summed E-state index contributed by atoms with van der Waals surface area (Å²) in [5.41, 5.74) is 1.96. The summed E-state index contributed by atoms with van der Waals surface area (Å²) in [6.07, 6.45) is 3.56. The Balaban J connectivity index is 2.07. The topological polar surface area (TPSA) is 59.9 Å². The van der Waals surface area contributed by atoms with Gasteiger partial charge in [-0.3, -0.25) is 4.98 Å². The van der Waals surface area contributed by atoms with Crippen LogP contribution < -0.4 is 10.1 Å². The second-order valence-corrected chi connectivity index (χ2v) is 5.41. The first-order chi connectivity index (χ1) is 12.2. The highest BCUT2D eigenvalue weighted by molar-refractivity contribution is 5.48. The van der Waals surface area contributed by atoms with Crippen LogP contribution in [0.1, 0.15) is 29.9 Å². The molecule has 128 valence electrons. The molecular formula is C19H19FN4O. The highest BCUT2D eigenvalue weighted by Gasteiger charge is 2.22. The van der Waals surface area contributed by atoms with Gasteiger partial charge in [0.05, 0.1) is 24.5 Å². The molecule has 5 nitrogen and oxygen atoms in total. The third-order valence-corrected chi connectivity index (χ3v) is 3.91. The number of rotatable bonds is 6. The second kappa shape index (κ2) is 7.70.